The number of para-hydroxylation sites is 1. The number of aromatic amines is 1. The molecule has 0 spiro atoms. The lowest BCUT2D eigenvalue weighted by Crippen LogP contribution is -2.39. The second kappa shape index (κ2) is 3.99. The Bertz CT molecular complexity index is 562. The van der Waals surface area contributed by atoms with Crippen molar-refractivity contribution in [2.45, 2.75) is 18.9 Å². The molecule has 2 bridgehead atoms. The summed E-state index contributed by atoms with van der Waals surface area (Å²) in [5, 5.41) is 12.2. The van der Waals surface area contributed by atoms with E-state index < -0.39 is 0 Å². The molecule has 4 rings (SSSR count). The van der Waals surface area contributed by atoms with E-state index in [4.69, 9.17) is 0 Å². The van der Waals surface area contributed by atoms with Crippen molar-refractivity contribution in [2.24, 2.45) is 5.92 Å². The first kappa shape index (κ1) is 10.4. The number of nitrogens with zero attached hydrogens (tertiary/aromatic N) is 2. The Morgan fingerprint density at radius 3 is 3.22 bits per heavy atom. The zero-order valence-corrected chi connectivity index (χ0v) is 10.4. The third-order valence-electron chi connectivity index (χ3n) is 4.45. The first-order chi connectivity index (χ1) is 8.90. The summed E-state index contributed by atoms with van der Waals surface area (Å²) in [6, 6.07) is 6.98. The lowest BCUT2D eigenvalue weighted by molar-refractivity contribution is 0.255. The largest absolute Gasteiger partial charge is 0.380 e. The monoisotopic (exact) mass is 242 g/mol. The number of piperidine rings is 1. The summed E-state index contributed by atoms with van der Waals surface area (Å²) < 4.78 is 0. The Hall–Kier alpha value is -1.55. The summed E-state index contributed by atoms with van der Waals surface area (Å²) in [6.07, 6.45) is 4.49. The molecule has 2 N–H and O–H groups in total. The number of H-pyrrole nitrogens is 1. The smallest absolute Gasteiger partial charge is 0.0881 e. The molecular formula is C14H18N4. The third kappa shape index (κ3) is 1.60. The average Bonchev–Trinajstić information content (AvgIpc) is 3.01. The van der Waals surface area contributed by atoms with Gasteiger partial charge in [0.05, 0.1) is 17.4 Å². The number of benzene rings is 1. The summed E-state index contributed by atoms with van der Waals surface area (Å²) in [6.45, 7) is 3.81. The van der Waals surface area contributed by atoms with Crippen LogP contribution in [0.5, 0.6) is 0 Å². The average molecular weight is 242 g/mol. The van der Waals surface area contributed by atoms with Crippen molar-refractivity contribution in [2.75, 3.05) is 25.0 Å². The maximum Gasteiger partial charge on any atom is 0.0881 e. The van der Waals surface area contributed by atoms with Crippen LogP contribution in [0.25, 0.3) is 10.9 Å². The number of aromatic nitrogens is 2. The van der Waals surface area contributed by atoms with Gasteiger partial charge in [-0.05, 0) is 31.4 Å². The van der Waals surface area contributed by atoms with Crippen LogP contribution in [0.2, 0.25) is 0 Å². The van der Waals surface area contributed by atoms with E-state index in [2.05, 4.69) is 38.6 Å². The second-order valence-electron chi connectivity index (χ2n) is 5.53. The van der Waals surface area contributed by atoms with Gasteiger partial charge in [-0.25, -0.2) is 0 Å². The molecule has 2 aliphatic heterocycles. The highest BCUT2D eigenvalue weighted by Crippen LogP contribution is 2.31. The van der Waals surface area contributed by atoms with Gasteiger partial charge in [0.15, 0.2) is 0 Å². The minimum absolute atomic E-state index is 0.623. The van der Waals surface area contributed by atoms with Crippen LogP contribution in [-0.2, 0) is 0 Å². The van der Waals surface area contributed by atoms with E-state index in [-0.39, 0.29) is 0 Å². The molecule has 2 aromatic rings. The summed E-state index contributed by atoms with van der Waals surface area (Å²) in [5.41, 5.74) is 2.34. The van der Waals surface area contributed by atoms with Gasteiger partial charge in [0.2, 0.25) is 0 Å². The van der Waals surface area contributed by atoms with Crippen LogP contribution in [-0.4, -0.2) is 40.8 Å². The van der Waals surface area contributed by atoms with Crippen LogP contribution in [0.1, 0.15) is 12.8 Å². The predicted octanol–water partition coefficient (Wildman–Crippen LogP) is 2.07. The molecule has 3 unspecified atom stereocenters. The number of hydrogen-bond donors (Lipinski definition) is 2. The molecule has 3 heterocycles. The van der Waals surface area contributed by atoms with E-state index in [0.717, 1.165) is 11.4 Å². The van der Waals surface area contributed by atoms with E-state index in [1.807, 2.05) is 6.20 Å². The Morgan fingerprint density at radius 2 is 2.22 bits per heavy atom. The van der Waals surface area contributed by atoms with Gasteiger partial charge >= 0.3 is 0 Å². The summed E-state index contributed by atoms with van der Waals surface area (Å²) in [5.74, 6) is 0.817. The van der Waals surface area contributed by atoms with E-state index in [1.165, 1.54) is 43.5 Å². The number of hydrogen-bond acceptors (Lipinski definition) is 3. The number of nitrogens with one attached hydrogen (secondary N) is 2. The van der Waals surface area contributed by atoms with E-state index >= 15 is 0 Å². The van der Waals surface area contributed by atoms with Crippen LogP contribution in [0.15, 0.2) is 24.4 Å². The molecule has 3 atom stereocenters. The number of fused-ring (bicyclic) bond motifs is 3. The molecule has 1 aromatic carbocycles. The van der Waals surface area contributed by atoms with Crippen LogP contribution in [0.4, 0.5) is 5.69 Å². The van der Waals surface area contributed by atoms with Crippen molar-refractivity contribution in [1.29, 1.82) is 0 Å². The first-order valence-electron chi connectivity index (χ1n) is 6.81. The molecule has 4 heteroatoms. The highest BCUT2D eigenvalue weighted by atomic mass is 15.2. The zero-order chi connectivity index (χ0) is 11.9. The molecule has 0 radical (unpaired) electrons. The summed E-state index contributed by atoms with van der Waals surface area (Å²) in [4.78, 5) is 2.58. The lowest BCUT2D eigenvalue weighted by atomic mass is 9.94. The van der Waals surface area contributed by atoms with Crippen LogP contribution < -0.4 is 5.32 Å². The molecule has 0 aliphatic carbocycles. The van der Waals surface area contributed by atoms with Crippen molar-refractivity contribution in [3.05, 3.63) is 24.4 Å². The molecule has 2 aliphatic rings. The fraction of sp³-hybridized carbons (Fsp3) is 0.500. The van der Waals surface area contributed by atoms with Gasteiger partial charge in [-0.15, -0.1) is 0 Å². The first-order valence-corrected chi connectivity index (χ1v) is 6.81. The van der Waals surface area contributed by atoms with Gasteiger partial charge < -0.3 is 10.2 Å². The van der Waals surface area contributed by atoms with Crippen LogP contribution in [0, 0.1) is 5.92 Å². The fourth-order valence-corrected chi connectivity index (χ4v) is 3.43. The van der Waals surface area contributed by atoms with Gasteiger partial charge in [0, 0.05) is 24.5 Å². The maximum absolute atomic E-state index is 4.13. The Labute approximate surface area is 106 Å². The number of rotatable bonds is 2. The number of anilines is 1. The minimum atomic E-state index is 0.623. The fourth-order valence-electron chi connectivity index (χ4n) is 3.43. The third-order valence-corrected chi connectivity index (χ3v) is 4.45. The highest BCUT2D eigenvalue weighted by molar-refractivity contribution is 5.90. The SMILES string of the molecule is c1cc(NC2CCN3CCC2C3)c2[nH]ncc2c1. The van der Waals surface area contributed by atoms with Crippen molar-refractivity contribution in [3.8, 4) is 0 Å². The van der Waals surface area contributed by atoms with E-state index in [9.17, 15) is 0 Å². The summed E-state index contributed by atoms with van der Waals surface area (Å²) >= 11 is 0. The molecule has 2 saturated heterocycles. The highest BCUT2D eigenvalue weighted by Gasteiger charge is 2.34. The standard InChI is InChI=1S/C14H18N4/c1-2-10-8-15-17-14(10)13(3-1)16-12-5-7-18-6-4-11(12)9-18/h1-3,8,11-12,16H,4-7,9H2,(H,15,17). The van der Waals surface area contributed by atoms with Gasteiger partial charge in [0.25, 0.3) is 0 Å². The van der Waals surface area contributed by atoms with Crippen LogP contribution >= 0.6 is 0 Å². The molecule has 94 valence electrons. The Kier molecular flexibility index (Phi) is 2.30. The van der Waals surface area contributed by atoms with Gasteiger partial charge in [0.1, 0.15) is 0 Å². The molecule has 0 amide bonds. The molecule has 4 nitrogen and oxygen atoms in total. The molecular weight excluding hydrogens is 224 g/mol. The van der Waals surface area contributed by atoms with E-state index in [1.54, 1.807) is 0 Å². The Balaban J connectivity index is 1.62. The normalized spacial score (nSPS) is 30.8. The predicted molar refractivity (Wildman–Crippen MR) is 72.7 cm³/mol. The molecule has 2 fully saturated rings. The molecule has 1 aromatic heterocycles. The van der Waals surface area contributed by atoms with Gasteiger partial charge in [-0.1, -0.05) is 12.1 Å². The van der Waals surface area contributed by atoms with Gasteiger partial charge in [-0.3, -0.25) is 5.10 Å². The topological polar surface area (TPSA) is 44.0 Å². The van der Waals surface area contributed by atoms with Crippen LogP contribution in [0.3, 0.4) is 0 Å². The minimum Gasteiger partial charge on any atom is -0.380 e. The zero-order valence-electron chi connectivity index (χ0n) is 10.4. The van der Waals surface area contributed by atoms with Crippen molar-refractivity contribution >= 4 is 16.6 Å². The summed E-state index contributed by atoms with van der Waals surface area (Å²) in [7, 11) is 0. The lowest BCUT2D eigenvalue weighted by Gasteiger charge is -2.31. The molecule has 0 saturated carbocycles. The second-order valence-corrected chi connectivity index (χ2v) is 5.53. The molecule has 18 heavy (non-hydrogen) atoms. The van der Waals surface area contributed by atoms with Crippen molar-refractivity contribution < 1.29 is 0 Å². The van der Waals surface area contributed by atoms with Crippen molar-refractivity contribution in [1.82, 2.24) is 15.1 Å². The maximum atomic E-state index is 4.13. The quantitative estimate of drug-likeness (QED) is 0.847. The van der Waals surface area contributed by atoms with Gasteiger partial charge in [-0.2, -0.15) is 5.10 Å². The Morgan fingerprint density at radius 1 is 1.28 bits per heavy atom. The van der Waals surface area contributed by atoms with E-state index in [0.29, 0.717) is 6.04 Å². The van der Waals surface area contributed by atoms with Crippen molar-refractivity contribution in [3.63, 3.8) is 0 Å².